The number of rotatable bonds is 6. The lowest BCUT2D eigenvalue weighted by molar-refractivity contribution is 0.0527. The van der Waals surface area contributed by atoms with Gasteiger partial charge in [-0.05, 0) is 24.1 Å². The van der Waals surface area contributed by atoms with Crippen LogP contribution in [0.3, 0.4) is 0 Å². The van der Waals surface area contributed by atoms with Crippen LogP contribution in [0.2, 0.25) is 0 Å². The highest BCUT2D eigenvalue weighted by atomic mass is 16.5. The van der Waals surface area contributed by atoms with E-state index >= 15 is 0 Å². The average Bonchev–Trinajstić information content (AvgIpc) is 2.35. The summed E-state index contributed by atoms with van der Waals surface area (Å²) in [5.41, 5.74) is 1.16. The van der Waals surface area contributed by atoms with Gasteiger partial charge in [0, 0.05) is 0 Å². The number of ether oxygens (including phenoxy) is 2. The van der Waals surface area contributed by atoms with Crippen LogP contribution in [-0.2, 0) is 6.42 Å². The Labute approximate surface area is 95.4 Å². The number of aryl methyl sites for hydroxylation is 1. The highest BCUT2D eigenvalue weighted by Crippen LogP contribution is 2.28. The second kappa shape index (κ2) is 6.35. The lowest BCUT2D eigenvalue weighted by Gasteiger charge is -2.13. The molecular weight excluding hydrogens is 208 g/mol. The molecule has 4 nitrogen and oxygen atoms in total. The van der Waals surface area contributed by atoms with Crippen LogP contribution in [0, 0.1) is 0 Å². The van der Waals surface area contributed by atoms with Crippen molar-refractivity contribution in [3.63, 3.8) is 0 Å². The Hall–Kier alpha value is -1.26. The molecular formula is C12H18O4. The molecule has 0 spiro atoms. The van der Waals surface area contributed by atoms with Crippen molar-refractivity contribution >= 4 is 0 Å². The Morgan fingerprint density at radius 1 is 1.31 bits per heavy atom. The summed E-state index contributed by atoms with van der Waals surface area (Å²) < 4.78 is 10.5. The Morgan fingerprint density at radius 2 is 2.06 bits per heavy atom. The van der Waals surface area contributed by atoms with E-state index in [1.165, 1.54) is 0 Å². The summed E-state index contributed by atoms with van der Waals surface area (Å²) in [6.07, 6.45) is 0.0613. The molecule has 0 amide bonds. The van der Waals surface area contributed by atoms with Gasteiger partial charge in [-0.15, -0.1) is 0 Å². The summed E-state index contributed by atoms with van der Waals surface area (Å²) >= 11 is 0. The molecule has 1 unspecified atom stereocenters. The number of hydrogen-bond acceptors (Lipinski definition) is 4. The maximum Gasteiger partial charge on any atom is 0.161 e. The van der Waals surface area contributed by atoms with Crippen molar-refractivity contribution in [1.29, 1.82) is 0 Å². The second-order valence-corrected chi connectivity index (χ2v) is 3.49. The number of hydrogen-bond donors (Lipinski definition) is 2. The number of methoxy groups -OCH3 is 1. The van der Waals surface area contributed by atoms with Gasteiger partial charge in [0.15, 0.2) is 11.5 Å². The van der Waals surface area contributed by atoms with Crippen LogP contribution >= 0.6 is 0 Å². The normalized spacial score (nSPS) is 12.2. The zero-order valence-corrected chi connectivity index (χ0v) is 9.64. The van der Waals surface area contributed by atoms with E-state index in [0.29, 0.717) is 11.5 Å². The molecule has 0 aliphatic heterocycles. The van der Waals surface area contributed by atoms with E-state index < -0.39 is 6.10 Å². The quantitative estimate of drug-likeness (QED) is 0.759. The third-order valence-electron chi connectivity index (χ3n) is 2.28. The van der Waals surface area contributed by atoms with E-state index in [4.69, 9.17) is 19.7 Å². The van der Waals surface area contributed by atoms with Crippen LogP contribution in [0.15, 0.2) is 18.2 Å². The molecule has 0 aromatic heterocycles. The van der Waals surface area contributed by atoms with Crippen LogP contribution in [-0.4, -0.2) is 36.6 Å². The average molecular weight is 226 g/mol. The molecule has 0 fully saturated rings. The third-order valence-corrected chi connectivity index (χ3v) is 2.28. The monoisotopic (exact) mass is 226 g/mol. The van der Waals surface area contributed by atoms with Gasteiger partial charge >= 0.3 is 0 Å². The number of aliphatic hydroxyl groups is 2. The van der Waals surface area contributed by atoms with Crippen molar-refractivity contribution in [2.24, 2.45) is 0 Å². The van der Waals surface area contributed by atoms with Crippen LogP contribution in [0.5, 0.6) is 11.5 Å². The van der Waals surface area contributed by atoms with Gasteiger partial charge in [-0.2, -0.15) is 0 Å². The molecule has 0 saturated heterocycles. The first kappa shape index (κ1) is 12.8. The van der Waals surface area contributed by atoms with Gasteiger partial charge in [0.1, 0.15) is 12.7 Å². The third kappa shape index (κ3) is 3.40. The van der Waals surface area contributed by atoms with Crippen molar-refractivity contribution in [2.45, 2.75) is 19.4 Å². The molecule has 0 bridgehead atoms. The zero-order chi connectivity index (χ0) is 12.0. The van der Waals surface area contributed by atoms with Crippen molar-refractivity contribution in [1.82, 2.24) is 0 Å². The SMILES string of the molecule is CCc1ccc(OCC(O)CO)c(OC)c1. The minimum absolute atomic E-state index is 0.0539. The van der Waals surface area contributed by atoms with Crippen LogP contribution in [0.25, 0.3) is 0 Å². The highest BCUT2D eigenvalue weighted by molar-refractivity contribution is 5.42. The Morgan fingerprint density at radius 3 is 2.62 bits per heavy atom. The molecule has 0 radical (unpaired) electrons. The van der Waals surface area contributed by atoms with Gasteiger partial charge in [0.2, 0.25) is 0 Å². The minimum atomic E-state index is -0.865. The molecule has 0 aliphatic carbocycles. The number of benzene rings is 1. The van der Waals surface area contributed by atoms with Gasteiger partial charge < -0.3 is 19.7 Å². The summed E-state index contributed by atoms with van der Waals surface area (Å²) in [5.74, 6) is 1.22. The van der Waals surface area contributed by atoms with E-state index in [1.54, 1.807) is 7.11 Å². The molecule has 0 saturated carbocycles. The first-order chi connectivity index (χ1) is 7.71. The molecule has 1 aromatic rings. The molecule has 90 valence electrons. The summed E-state index contributed by atoms with van der Waals surface area (Å²) in [6.45, 7) is 1.80. The molecule has 0 aliphatic rings. The molecule has 1 atom stereocenters. The Kier molecular flexibility index (Phi) is 5.08. The van der Waals surface area contributed by atoms with Gasteiger partial charge in [0.25, 0.3) is 0 Å². The molecule has 16 heavy (non-hydrogen) atoms. The predicted octanol–water partition coefficient (Wildman–Crippen LogP) is 0.990. The van der Waals surface area contributed by atoms with Gasteiger partial charge in [-0.1, -0.05) is 13.0 Å². The first-order valence-corrected chi connectivity index (χ1v) is 5.29. The lowest BCUT2D eigenvalue weighted by atomic mass is 10.1. The fourth-order valence-corrected chi connectivity index (χ4v) is 1.29. The predicted molar refractivity (Wildman–Crippen MR) is 61.0 cm³/mol. The summed E-state index contributed by atoms with van der Waals surface area (Å²) in [4.78, 5) is 0. The van der Waals surface area contributed by atoms with E-state index in [2.05, 4.69) is 6.92 Å². The summed E-state index contributed by atoms with van der Waals surface area (Å²) in [5, 5.41) is 17.8. The van der Waals surface area contributed by atoms with E-state index in [-0.39, 0.29) is 13.2 Å². The van der Waals surface area contributed by atoms with Crippen molar-refractivity contribution in [2.75, 3.05) is 20.3 Å². The van der Waals surface area contributed by atoms with E-state index in [9.17, 15) is 0 Å². The lowest BCUT2D eigenvalue weighted by Crippen LogP contribution is -2.21. The van der Waals surface area contributed by atoms with Crippen LogP contribution < -0.4 is 9.47 Å². The van der Waals surface area contributed by atoms with Crippen molar-refractivity contribution in [3.8, 4) is 11.5 Å². The Balaban J connectivity index is 2.71. The topological polar surface area (TPSA) is 58.9 Å². The molecule has 2 N–H and O–H groups in total. The maximum absolute atomic E-state index is 9.17. The Bertz CT molecular complexity index is 325. The van der Waals surface area contributed by atoms with Gasteiger partial charge in [0.05, 0.1) is 13.7 Å². The fourth-order valence-electron chi connectivity index (χ4n) is 1.29. The smallest absolute Gasteiger partial charge is 0.161 e. The fraction of sp³-hybridized carbons (Fsp3) is 0.500. The molecule has 0 heterocycles. The zero-order valence-electron chi connectivity index (χ0n) is 9.64. The second-order valence-electron chi connectivity index (χ2n) is 3.49. The molecule has 4 heteroatoms. The van der Waals surface area contributed by atoms with Crippen molar-refractivity contribution in [3.05, 3.63) is 23.8 Å². The van der Waals surface area contributed by atoms with E-state index in [0.717, 1.165) is 12.0 Å². The van der Waals surface area contributed by atoms with Crippen LogP contribution in [0.1, 0.15) is 12.5 Å². The minimum Gasteiger partial charge on any atom is -0.493 e. The van der Waals surface area contributed by atoms with Crippen molar-refractivity contribution < 1.29 is 19.7 Å². The molecule has 1 rings (SSSR count). The van der Waals surface area contributed by atoms with E-state index in [1.807, 2.05) is 18.2 Å². The van der Waals surface area contributed by atoms with Crippen LogP contribution in [0.4, 0.5) is 0 Å². The van der Waals surface area contributed by atoms with Gasteiger partial charge in [-0.25, -0.2) is 0 Å². The number of aliphatic hydroxyl groups excluding tert-OH is 2. The maximum atomic E-state index is 9.17. The largest absolute Gasteiger partial charge is 0.493 e. The molecule has 1 aromatic carbocycles. The summed E-state index contributed by atoms with van der Waals surface area (Å²) in [6, 6.07) is 5.66. The summed E-state index contributed by atoms with van der Waals surface area (Å²) in [7, 11) is 1.57. The standard InChI is InChI=1S/C12H18O4/c1-3-9-4-5-11(12(6-9)15-2)16-8-10(14)7-13/h4-6,10,13-14H,3,7-8H2,1-2H3. The van der Waals surface area contributed by atoms with Gasteiger partial charge in [-0.3, -0.25) is 0 Å². The highest BCUT2D eigenvalue weighted by Gasteiger charge is 2.08. The first-order valence-electron chi connectivity index (χ1n) is 5.29.